The molecule has 1 aliphatic rings. The summed E-state index contributed by atoms with van der Waals surface area (Å²) in [6.07, 6.45) is 2.94. The van der Waals surface area contributed by atoms with Gasteiger partial charge in [0.05, 0.1) is 11.5 Å². The van der Waals surface area contributed by atoms with Crippen LogP contribution in [-0.2, 0) is 19.4 Å². The fourth-order valence-corrected chi connectivity index (χ4v) is 3.60. The average molecular weight is 247 g/mol. The van der Waals surface area contributed by atoms with Crippen molar-refractivity contribution in [1.82, 2.24) is 9.55 Å². The van der Waals surface area contributed by atoms with E-state index in [4.69, 9.17) is 5.26 Å². The van der Waals surface area contributed by atoms with Crippen LogP contribution < -0.4 is 11.2 Å². The second-order valence-electron chi connectivity index (χ2n) is 4.04. The van der Waals surface area contributed by atoms with Gasteiger partial charge in [-0.1, -0.05) is 0 Å². The molecule has 0 spiro atoms. The van der Waals surface area contributed by atoms with Crippen molar-refractivity contribution >= 4 is 21.6 Å². The Labute approximate surface area is 99.9 Å². The number of aromatic nitrogens is 2. The molecular formula is C11H9N3O2S. The van der Waals surface area contributed by atoms with Crippen molar-refractivity contribution in [3.63, 3.8) is 0 Å². The molecule has 0 fully saturated rings. The molecule has 0 aliphatic heterocycles. The number of H-pyrrole nitrogens is 1. The molecule has 0 radical (unpaired) electrons. The summed E-state index contributed by atoms with van der Waals surface area (Å²) in [5.74, 6) is 0. The molecule has 17 heavy (non-hydrogen) atoms. The second-order valence-corrected chi connectivity index (χ2v) is 5.15. The predicted octanol–water partition coefficient (Wildman–Crippen LogP) is 0.764. The van der Waals surface area contributed by atoms with E-state index in [1.807, 2.05) is 6.07 Å². The van der Waals surface area contributed by atoms with Crippen molar-refractivity contribution in [3.8, 4) is 6.07 Å². The largest absolute Gasteiger partial charge is 0.330 e. The molecule has 1 N–H and O–H groups in total. The zero-order valence-corrected chi connectivity index (χ0v) is 9.76. The molecule has 0 saturated carbocycles. The van der Waals surface area contributed by atoms with Gasteiger partial charge in [0.2, 0.25) is 0 Å². The summed E-state index contributed by atoms with van der Waals surface area (Å²) in [6, 6.07) is 1.84. The molecule has 0 bridgehead atoms. The third-order valence-corrected chi connectivity index (χ3v) is 4.28. The molecule has 2 aromatic heterocycles. The van der Waals surface area contributed by atoms with Crippen molar-refractivity contribution in [1.29, 1.82) is 5.26 Å². The van der Waals surface area contributed by atoms with Crippen molar-refractivity contribution in [2.24, 2.45) is 0 Å². The van der Waals surface area contributed by atoms with Crippen LogP contribution in [0.5, 0.6) is 0 Å². The van der Waals surface area contributed by atoms with Gasteiger partial charge in [-0.25, -0.2) is 9.36 Å². The Balaban J connectivity index is 2.44. The molecule has 0 saturated heterocycles. The Morgan fingerprint density at radius 2 is 2.24 bits per heavy atom. The minimum atomic E-state index is -0.496. The van der Waals surface area contributed by atoms with E-state index in [1.165, 1.54) is 16.2 Å². The maximum atomic E-state index is 12.2. The van der Waals surface area contributed by atoms with Crippen LogP contribution in [0.3, 0.4) is 0 Å². The summed E-state index contributed by atoms with van der Waals surface area (Å²) < 4.78 is 0.966. The molecule has 0 amide bonds. The van der Waals surface area contributed by atoms with E-state index in [-0.39, 0.29) is 12.1 Å². The van der Waals surface area contributed by atoms with Crippen molar-refractivity contribution in [2.45, 2.75) is 25.8 Å². The molecule has 6 heteroatoms. The molecule has 3 rings (SSSR count). The topological polar surface area (TPSA) is 78.7 Å². The highest BCUT2D eigenvalue weighted by molar-refractivity contribution is 7.18. The molecule has 2 aromatic rings. The number of nitrogens with one attached hydrogen (secondary N) is 1. The van der Waals surface area contributed by atoms with Crippen LogP contribution in [0.25, 0.3) is 10.2 Å². The third kappa shape index (κ3) is 1.36. The highest BCUT2D eigenvalue weighted by Crippen LogP contribution is 2.33. The van der Waals surface area contributed by atoms with Gasteiger partial charge in [-0.15, -0.1) is 11.3 Å². The highest BCUT2D eigenvalue weighted by Gasteiger charge is 2.21. The maximum Gasteiger partial charge on any atom is 0.330 e. The Kier molecular flexibility index (Phi) is 2.16. The molecule has 0 aromatic carbocycles. The Hall–Kier alpha value is -1.87. The first-order valence-electron chi connectivity index (χ1n) is 5.36. The summed E-state index contributed by atoms with van der Waals surface area (Å²) >= 11 is 1.49. The number of aromatic amines is 1. The normalized spacial score (nSPS) is 13.8. The lowest BCUT2D eigenvalue weighted by Crippen LogP contribution is -2.34. The molecule has 5 nitrogen and oxygen atoms in total. The van der Waals surface area contributed by atoms with Gasteiger partial charge in [-0.2, -0.15) is 5.26 Å². The van der Waals surface area contributed by atoms with Crippen molar-refractivity contribution in [3.05, 3.63) is 31.3 Å². The summed E-state index contributed by atoms with van der Waals surface area (Å²) in [4.78, 5) is 28.3. The SMILES string of the molecule is N#CCn1c(=O)[nH]c2sc3c(c2c1=O)CCC3. The Bertz CT molecular complexity index is 760. The smallest absolute Gasteiger partial charge is 0.298 e. The van der Waals surface area contributed by atoms with Gasteiger partial charge >= 0.3 is 5.69 Å². The Morgan fingerprint density at radius 1 is 1.41 bits per heavy atom. The molecule has 86 valence electrons. The average Bonchev–Trinajstić information content (AvgIpc) is 2.83. The van der Waals surface area contributed by atoms with Crippen molar-refractivity contribution < 1.29 is 0 Å². The zero-order valence-electron chi connectivity index (χ0n) is 8.95. The predicted molar refractivity (Wildman–Crippen MR) is 64.3 cm³/mol. The molecular weight excluding hydrogens is 238 g/mol. The molecule has 0 unspecified atom stereocenters. The number of nitrogens with zero attached hydrogens (tertiary/aromatic N) is 2. The van der Waals surface area contributed by atoms with E-state index < -0.39 is 5.69 Å². The summed E-state index contributed by atoms with van der Waals surface area (Å²) in [5, 5.41) is 9.23. The van der Waals surface area contributed by atoms with Gasteiger partial charge in [0.15, 0.2) is 0 Å². The second kappa shape index (κ2) is 3.57. The Morgan fingerprint density at radius 3 is 3.00 bits per heavy atom. The summed E-state index contributed by atoms with van der Waals surface area (Å²) in [7, 11) is 0. The van der Waals surface area contributed by atoms with Gasteiger partial charge in [0, 0.05) is 4.88 Å². The molecule has 0 atom stereocenters. The number of hydrogen-bond acceptors (Lipinski definition) is 4. The first-order valence-corrected chi connectivity index (χ1v) is 6.18. The maximum absolute atomic E-state index is 12.2. The van der Waals surface area contributed by atoms with Crippen LogP contribution >= 0.6 is 11.3 Å². The molecule has 1 aliphatic carbocycles. The first kappa shape index (κ1) is 10.3. The van der Waals surface area contributed by atoms with Gasteiger partial charge in [-0.05, 0) is 24.8 Å². The van der Waals surface area contributed by atoms with Gasteiger partial charge in [0.25, 0.3) is 5.56 Å². The van der Waals surface area contributed by atoms with E-state index in [1.54, 1.807) is 0 Å². The monoisotopic (exact) mass is 247 g/mol. The van der Waals surface area contributed by atoms with E-state index in [0.717, 1.165) is 29.4 Å². The lowest BCUT2D eigenvalue weighted by molar-refractivity contribution is 0.736. The van der Waals surface area contributed by atoms with Crippen LogP contribution in [-0.4, -0.2) is 9.55 Å². The lowest BCUT2D eigenvalue weighted by Gasteiger charge is -1.99. The minimum absolute atomic E-state index is 0.200. The van der Waals surface area contributed by atoms with Crippen LogP contribution in [0.2, 0.25) is 0 Å². The number of aryl methyl sites for hydroxylation is 2. The first-order chi connectivity index (χ1) is 8.22. The van der Waals surface area contributed by atoms with E-state index in [9.17, 15) is 9.59 Å². The standard InChI is InChI=1S/C11H9N3O2S/c12-4-5-14-10(15)8-6-2-1-3-7(6)17-9(8)13-11(14)16/h1-3,5H2,(H,13,16). The molecule has 2 heterocycles. The van der Waals surface area contributed by atoms with Crippen LogP contribution in [0.1, 0.15) is 16.9 Å². The summed E-state index contributed by atoms with van der Waals surface area (Å²) in [6.45, 7) is -0.200. The van der Waals surface area contributed by atoms with Crippen LogP contribution in [0.4, 0.5) is 0 Å². The van der Waals surface area contributed by atoms with Gasteiger partial charge in [0.1, 0.15) is 11.4 Å². The fourth-order valence-electron chi connectivity index (χ4n) is 2.32. The lowest BCUT2D eigenvalue weighted by atomic mass is 10.2. The van der Waals surface area contributed by atoms with E-state index in [2.05, 4.69) is 4.98 Å². The number of rotatable bonds is 1. The van der Waals surface area contributed by atoms with E-state index >= 15 is 0 Å². The number of fused-ring (bicyclic) bond motifs is 3. The summed E-state index contributed by atoms with van der Waals surface area (Å²) in [5.41, 5.74) is 0.242. The number of thiophene rings is 1. The zero-order chi connectivity index (χ0) is 12.0. The number of nitriles is 1. The van der Waals surface area contributed by atoms with E-state index in [0.29, 0.717) is 10.2 Å². The third-order valence-electron chi connectivity index (χ3n) is 3.07. The minimum Gasteiger partial charge on any atom is -0.298 e. The fraction of sp³-hybridized carbons (Fsp3) is 0.364. The van der Waals surface area contributed by atoms with Crippen LogP contribution in [0.15, 0.2) is 9.59 Å². The number of hydrogen-bond donors (Lipinski definition) is 1. The van der Waals surface area contributed by atoms with Crippen LogP contribution in [0, 0.1) is 11.3 Å². The highest BCUT2D eigenvalue weighted by atomic mass is 32.1. The quantitative estimate of drug-likeness (QED) is 0.808. The van der Waals surface area contributed by atoms with Crippen molar-refractivity contribution in [2.75, 3.05) is 0 Å². The van der Waals surface area contributed by atoms with Gasteiger partial charge < -0.3 is 0 Å². The van der Waals surface area contributed by atoms with Gasteiger partial charge in [-0.3, -0.25) is 9.78 Å².